The van der Waals surface area contributed by atoms with Crippen LogP contribution in [0, 0.1) is 0 Å². The summed E-state index contributed by atoms with van der Waals surface area (Å²) in [5.74, 6) is 0.164. The molecule has 1 aliphatic rings. The number of methoxy groups -OCH3 is 1. The third-order valence-corrected chi connectivity index (χ3v) is 4.14. The molecule has 24 heavy (non-hydrogen) atoms. The number of ketones is 1. The first kappa shape index (κ1) is 16.2. The summed E-state index contributed by atoms with van der Waals surface area (Å²) in [5.41, 5.74) is 3.26. The molecule has 1 unspecified atom stereocenters. The number of nitrogens with zero attached hydrogens (tertiary/aromatic N) is 2. The molecular formula is C17H20N4O3. The number of ether oxygens (including phenoxy) is 1. The number of anilines is 1. The van der Waals surface area contributed by atoms with Crippen LogP contribution in [-0.4, -0.2) is 35.3 Å². The minimum Gasteiger partial charge on any atom is -0.382 e. The molecule has 0 bridgehead atoms. The fourth-order valence-electron chi connectivity index (χ4n) is 2.95. The summed E-state index contributed by atoms with van der Waals surface area (Å²) in [6, 6.07) is 6.58. The summed E-state index contributed by atoms with van der Waals surface area (Å²) >= 11 is 0. The van der Waals surface area contributed by atoms with Gasteiger partial charge in [0.05, 0.1) is 18.3 Å². The number of hydrogen-bond donors (Lipinski definition) is 2. The van der Waals surface area contributed by atoms with E-state index in [2.05, 4.69) is 15.7 Å². The van der Waals surface area contributed by atoms with Crippen molar-refractivity contribution in [1.82, 2.24) is 15.1 Å². The molecule has 7 nitrogen and oxygen atoms in total. The van der Waals surface area contributed by atoms with E-state index in [4.69, 9.17) is 4.74 Å². The van der Waals surface area contributed by atoms with Crippen molar-refractivity contribution >= 4 is 17.5 Å². The molecule has 7 heteroatoms. The predicted molar refractivity (Wildman–Crippen MR) is 89.1 cm³/mol. The molecule has 1 aromatic carbocycles. The van der Waals surface area contributed by atoms with Gasteiger partial charge in [-0.2, -0.15) is 5.10 Å². The monoisotopic (exact) mass is 328 g/mol. The number of benzene rings is 1. The van der Waals surface area contributed by atoms with Crippen LogP contribution in [0.2, 0.25) is 0 Å². The molecule has 0 saturated carbocycles. The summed E-state index contributed by atoms with van der Waals surface area (Å²) in [6.07, 6.45) is 2.95. The number of fused-ring (bicyclic) bond motifs is 1. The Balaban J connectivity index is 1.68. The van der Waals surface area contributed by atoms with Gasteiger partial charge in [-0.15, -0.1) is 0 Å². The fraction of sp³-hybridized carbons (Fsp3) is 0.353. The number of rotatable bonds is 5. The number of Topliss-reactive ketones (excluding diaryl/α,β-unsaturated/α-hetero) is 1. The van der Waals surface area contributed by atoms with Crippen LogP contribution in [0.5, 0.6) is 0 Å². The number of urea groups is 1. The lowest BCUT2D eigenvalue weighted by molar-refractivity contribution is 0.0994. The van der Waals surface area contributed by atoms with Crippen LogP contribution < -0.4 is 10.6 Å². The van der Waals surface area contributed by atoms with E-state index in [0.717, 1.165) is 23.2 Å². The van der Waals surface area contributed by atoms with Gasteiger partial charge in [0.1, 0.15) is 0 Å². The number of amides is 2. The Morgan fingerprint density at radius 3 is 2.92 bits per heavy atom. The largest absolute Gasteiger partial charge is 0.382 e. The number of aromatic nitrogens is 2. The summed E-state index contributed by atoms with van der Waals surface area (Å²) in [5, 5.41) is 9.81. The smallest absolute Gasteiger partial charge is 0.319 e. The van der Waals surface area contributed by atoms with E-state index in [1.54, 1.807) is 30.1 Å². The average Bonchev–Trinajstić information content (AvgIpc) is 3.13. The maximum Gasteiger partial charge on any atom is 0.319 e. The molecule has 2 aromatic rings. The Bertz CT molecular complexity index is 769. The Morgan fingerprint density at radius 1 is 1.38 bits per heavy atom. The van der Waals surface area contributed by atoms with Crippen LogP contribution in [0.3, 0.4) is 0 Å². The van der Waals surface area contributed by atoms with E-state index in [0.29, 0.717) is 18.7 Å². The Kier molecular flexibility index (Phi) is 4.61. The van der Waals surface area contributed by atoms with Crippen molar-refractivity contribution in [2.75, 3.05) is 19.0 Å². The first-order valence-electron chi connectivity index (χ1n) is 7.79. The zero-order valence-corrected chi connectivity index (χ0v) is 13.7. The highest BCUT2D eigenvalue weighted by Crippen LogP contribution is 2.25. The third kappa shape index (κ3) is 3.30. The summed E-state index contributed by atoms with van der Waals surface area (Å²) in [4.78, 5) is 24.0. The van der Waals surface area contributed by atoms with Crippen LogP contribution >= 0.6 is 0 Å². The highest BCUT2D eigenvalue weighted by Gasteiger charge is 2.21. The minimum atomic E-state index is -0.331. The third-order valence-electron chi connectivity index (χ3n) is 4.14. The first-order valence-corrected chi connectivity index (χ1v) is 7.79. The molecule has 0 spiro atoms. The second kappa shape index (κ2) is 6.84. The van der Waals surface area contributed by atoms with Gasteiger partial charge >= 0.3 is 6.03 Å². The van der Waals surface area contributed by atoms with Gasteiger partial charge in [0.2, 0.25) is 0 Å². The van der Waals surface area contributed by atoms with Crippen molar-refractivity contribution < 1.29 is 14.3 Å². The van der Waals surface area contributed by atoms with Crippen molar-refractivity contribution in [1.29, 1.82) is 0 Å². The standard InChI is InChI=1S/C17H20N4O3/c1-21-15(7-8-18-21)14(10-24-2)20-17(23)19-12-4-5-13-11(9-12)3-6-16(13)22/h4-5,7-9,14H,3,6,10H2,1-2H3,(H2,19,20,23). The van der Waals surface area contributed by atoms with E-state index in [-0.39, 0.29) is 17.9 Å². The molecule has 1 aromatic heterocycles. The highest BCUT2D eigenvalue weighted by molar-refractivity contribution is 6.01. The van der Waals surface area contributed by atoms with Crippen LogP contribution in [0.1, 0.15) is 34.1 Å². The topological polar surface area (TPSA) is 85.2 Å². The van der Waals surface area contributed by atoms with Crippen LogP contribution in [0.25, 0.3) is 0 Å². The first-order chi connectivity index (χ1) is 11.6. The maximum absolute atomic E-state index is 12.3. The van der Waals surface area contributed by atoms with Gasteiger partial charge in [0, 0.05) is 38.0 Å². The van der Waals surface area contributed by atoms with E-state index in [1.807, 2.05) is 19.2 Å². The summed E-state index contributed by atoms with van der Waals surface area (Å²) < 4.78 is 6.88. The van der Waals surface area contributed by atoms with Gasteiger partial charge in [-0.3, -0.25) is 9.48 Å². The molecule has 3 rings (SSSR count). The van der Waals surface area contributed by atoms with Crippen LogP contribution in [0.15, 0.2) is 30.5 Å². The SMILES string of the molecule is COCC(NC(=O)Nc1ccc2c(c1)CCC2=O)c1ccnn1C. The van der Waals surface area contributed by atoms with Gasteiger partial charge in [-0.1, -0.05) is 0 Å². The number of carbonyl (C=O) groups is 2. The lowest BCUT2D eigenvalue weighted by Crippen LogP contribution is -2.35. The fourth-order valence-corrected chi connectivity index (χ4v) is 2.95. The molecule has 0 fully saturated rings. The Labute approximate surface area is 140 Å². The maximum atomic E-state index is 12.3. The minimum absolute atomic E-state index is 0.164. The molecular weight excluding hydrogens is 308 g/mol. The van der Waals surface area contributed by atoms with Gasteiger partial charge in [-0.05, 0) is 36.2 Å². The predicted octanol–water partition coefficient (Wildman–Crippen LogP) is 2.06. The summed E-state index contributed by atoms with van der Waals surface area (Å²) in [6.45, 7) is 0.339. The van der Waals surface area contributed by atoms with Crippen molar-refractivity contribution in [3.05, 3.63) is 47.3 Å². The lowest BCUT2D eigenvalue weighted by Gasteiger charge is -2.18. The Morgan fingerprint density at radius 2 is 2.21 bits per heavy atom. The number of carbonyl (C=O) groups excluding carboxylic acids is 2. The average molecular weight is 328 g/mol. The highest BCUT2D eigenvalue weighted by atomic mass is 16.5. The van der Waals surface area contributed by atoms with E-state index < -0.39 is 0 Å². The Hall–Kier alpha value is -2.67. The molecule has 0 saturated heterocycles. The molecule has 1 atom stereocenters. The molecule has 0 aliphatic heterocycles. The van der Waals surface area contributed by atoms with Crippen molar-refractivity contribution in [3.63, 3.8) is 0 Å². The molecule has 2 N–H and O–H groups in total. The molecule has 0 radical (unpaired) electrons. The van der Waals surface area contributed by atoms with Gasteiger partial charge < -0.3 is 15.4 Å². The normalized spacial score (nSPS) is 14.3. The lowest BCUT2D eigenvalue weighted by atomic mass is 10.1. The number of nitrogens with one attached hydrogen (secondary N) is 2. The number of aryl methyl sites for hydroxylation is 2. The van der Waals surface area contributed by atoms with Gasteiger partial charge in [0.25, 0.3) is 0 Å². The van der Waals surface area contributed by atoms with Crippen LogP contribution in [-0.2, 0) is 18.2 Å². The molecule has 2 amide bonds. The summed E-state index contributed by atoms with van der Waals surface area (Å²) in [7, 11) is 3.40. The number of hydrogen-bond acceptors (Lipinski definition) is 4. The second-order valence-electron chi connectivity index (χ2n) is 5.78. The zero-order chi connectivity index (χ0) is 17.1. The van der Waals surface area contributed by atoms with Crippen LogP contribution in [0.4, 0.5) is 10.5 Å². The molecule has 1 aliphatic carbocycles. The van der Waals surface area contributed by atoms with Crippen molar-refractivity contribution in [3.8, 4) is 0 Å². The quantitative estimate of drug-likeness (QED) is 0.880. The van der Waals surface area contributed by atoms with E-state index in [9.17, 15) is 9.59 Å². The zero-order valence-electron chi connectivity index (χ0n) is 13.7. The molecule has 126 valence electrons. The van der Waals surface area contributed by atoms with E-state index in [1.165, 1.54) is 0 Å². The second-order valence-corrected chi connectivity index (χ2v) is 5.78. The van der Waals surface area contributed by atoms with Crippen molar-refractivity contribution in [2.24, 2.45) is 7.05 Å². The van der Waals surface area contributed by atoms with Gasteiger partial charge in [-0.25, -0.2) is 4.79 Å². The van der Waals surface area contributed by atoms with E-state index >= 15 is 0 Å². The van der Waals surface area contributed by atoms with Crippen molar-refractivity contribution in [2.45, 2.75) is 18.9 Å². The van der Waals surface area contributed by atoms with Gasteiger partial charge in [0.15, 0.2) is 5.78 Å². The molecule has 1 heterocycles.